The van der Waals surface area contributed by atoms with Gasteiger partial charge in [0.05, 0.1) is 10.6 Å². The minimum absolute atomic E-state index is 0.0597. The van der Waals surface area contributed by atoms with E-state index in [1.807, 2.05) is 13.0 Å². The average Bonchev–Trinajstić information content (AvgIpc) is 2.41. The van der Waals surface area contributed by atoms with Crippen LogP contribution in [0.15, 0.2) is 22.7 Å². The van der Waals surface area contributed by atoms with E-state index < -0.39 is 0 Å². The smallest absolute Gasteiger partial charge is 0.133 e. The molecule has 0 aliphatic heterocycles. The molecule has 1 fully saturated rings. The number of hydrogen-bond acceptors (Lipinski definition) is 2. The van der Waals surface area contributed by atoms with Gasteiger partial charge in [0, 0.05) is 6.04 Å². The molecular formula is C16H24BrNO. The zero-order chi connectivity index (χ0) is 13.8. The van der Waals surface area contributed by atoms with Crippen LogP contribution in [0.25, 0.3) is 0 Å². The summed E-state index contributed by atoms with van der Waals surface area (Å²) in [5.74, 6) is 1.78. The largest absolute Gasteiger partial charge is 0.489 e. The summed E-state index contributed by atoms with van der Waals surface area (Å²) in [5, 5.41) is 0. The molecule has 0 heterocycles. The average molecular weight is 326 g/mol. The van der Waals surface area contributed by atoms with Crippen molar-refractivity contribution < 1.29 is 4.74 Å². The zero-order valence-corrected chi connectivity index (χ0v) is 13.4. The standard InChI is InChI=1S/C16H24BrNO/c1-3-12-5-4-6-14(9-12)19-16-8-7-13(11(2)18)10-15(16)17/h7-8,10-12,14H,3-6,9,18H2,1-2H3/t11-,12?,14?/m1/s1. The molecule has 0 bridgehead atoms. The molecule has 1 aromatic rings. The fraction of sp³-hybridized carbons (Fsp3) is 0.625. The highest BCUT2D eigenvalue weighted by molar-refractivity contribution is 9.10. The number of hydrogen-bond donors (Lipinski definition) is 1. The Hall–Kier alpha value is -0.540. The predicted octanol–water partition coefficient (Wildman–Crippen LogP) is 4.82. The van der Waals surface area contributed by atoms with Crippen molar-refractivity contribution in [2.24, 2.45) is 11.7 Å². The molecule has 2 unspecified atom stereocenters. The van der Waals surface area contributed by atoms with Crippen LogP contribution < -0.4 is 10.5 Å². The van der Waals surface area contributed by atoms with Crippen molar-refractivity contribution in [3.63, 3.8) is 0 Å². The fourth-order valence-corrected chi connectivity index (χ4v) is 3.28. The van der Waals surface area contributed by atoms with E-state index in [0.717, 1.165) is 21.7 Å². The van der Waals surface area contributed by atoms with E-state index in [4.69, 9.17) is 10.5 Å². The van der Waals surface area contributed by atoms with Crippen LogP contribution in [0.3, 0.4) is 0 Å². The van der Waals surface area contributed by atoms with Gasteiger partial charge in [-0.15, -0.1) is 0 Å². The first-order valence-electron chi connectivity index (χ1n) is 7.31. The Morgan fingerprint density at radius 3 is 2.84 bits per heavy atom. The first-order chi connectivity index (χ1) is 9.10. The second-order valence-corrected chi connectivity index (χ2v) is 6.51. The Kier molecular flexibility index (Phi) is 5.28. The molecule has 1 aliphatic rings. The lowest BCUT2D eigenvalue weighted by atomic mass is 9.85. The SMILES string of the molecule is CCC1CCCC(Oc2ccc([C@@H](C)N)cc2Br)C1. The van der Waals surface area contributed by atoms with Crippen LogP contribution in [-0.4, -0.2) is 6.10 Å². The maximum Gasteiger partial charge on any atom is 0.133 e. The van der Waals surface area contributed by atoms with Gasteiger partial charge >= 0.3 is 0 Å². The van der Waals surface area contributed by atoms with Gasteiger partial charge in [0.2, 0.25) is 0 Å². The lowest BCUT2D eigenvalue weighted by Gasteiger charge is -2.29. The lowest BCUT2D eigenvalue weighted by molar-refractivity contribution is 0.121. The number of ether oxygens (including phenoxy) is 1. The van der Waals surface area contributed by atoms with Gasteiger partial charge in [-0.25, -0.2) is 0 Å². The van der Waals surface area contributed by atoms with Gasteiger partial charge in [-0.05, 0) is 65.7 Å². The molecule has 3 heteroatoms. The van der Waals surface area contributed by atoms with Crippen LogP contribution in [-0.2, 0) is 0 Å². The van der Waals surface area contributed by atoms with Crippen molar-refractivity contribution in [1.29, 1.82) is 0 Å². The monoisotopic (exact) mass is 325 g/mol. The van der Waals surface area contributed by atoms with Crippen LogP contribution in [0.2, 0.25) is 0 Å². The molecule has 1 aliphatic carbocycles. The Morgan fingerprint density at radius 2 is 2.21 bits per heavy atom. The molecule has 0 saturated heterocycles. The highest BCUT2D eigenvalue weighted by Crippen LogP contribution is 2.33. The minimum atomic E-state index is 0.0597. The quantitative estimate of drug-likeness (QED) is 0.861. The van der Waals surface area contributed by atoms with Crippen molar-refractivity contribution in [2.45, 2.75) is 58.1 Å². The third-order valence-electron chi connectivity index (χ3n) is 4.09. The third kappa shape index (κ3) is 3.96. The molecule has 2 nitrogen and oxygen atoms in total. The van der Waals surface area contributed by atoms with Crippen molar-refractivity contribution in [3.8, 4) is 5.75 Å². The zero-order valence-electron chi connectivity index (χ0n) is 11.9. The van der Waals surface area contributed by atoms with Gasteiger partial charge in [0.25, 0.3) is 0 Å². The lowest BCUT2D eigenvalue weighted by Crippen LogP contribution is -2.25. The van der Waals surface area contributed by atoms with E-state index in [0.29, 0.717) is 6.10 Å². The van der Waals surface area contributed by atoms with Crippen LogP contribution in [0.4, 0.5) is 0 Å². The second kappa shape index (κ2) is 6.76. The Labute approximate surface area is 124 Å². The summed E-state index contributed by atoms with van der Waals surface area (Å²) in [4.78, 5) is 0. The molecule has 1 aromatic carbocycles. The summed E-state index contributed by atoms with van der Waals surface area (Å²) in [6.45, 7) is 4.27. The third-order valence-corrected chi connectivity index (χ3v) is 4.71. The number of rotatable bonds is 4. The first-order valence-corrected chi connectivity index (χ1v) is 8.11. The predicted molar refractivity (Wildman–Crippen MR) is 83.4 cm³/mol. The minimum Gasteiger partial charge on any atom is -0.489 e. The number of halogens is 1. The molecule has 0 aromatic heterocycles. The molecule has 1 saturated carbocycles. The molecule has 19 heavy (non-hydrogen) atoms. The van der Waals surface area contributed by atoms with Crippen molar-refractivity contribution in [2.75, 3.05) is 0 Å². The Bertz CT molecular complexity index is 419. The maximum atomic E-state index is 6.17. The van der Waals surface area contributed by atoms with Crippen molar-refractivity contribution in [1.82, 2.24) is 0 Å². The highest BCUT2D eigenvalue weighted by atomic mass is 79.9. The molecule has 3 atom stereocenters. The Balaban J connectivity index is 2.02. The van der Waals surface area contributed by atoms with Gasteiger partial charge in [0.15, 0.2) is 0 Å². The van der Waals surface area contributed by atoms with E-state index in [1.165, 1.54) is 32.1 Å². The van der Waals surface area contributed by atoms with Crippen LogP contribution in [0, 0.1) is 5.92 Å². The normalized spacial score (nSPS) is 25.1. The molecule has 106 valence electrons. The number of nitrogens with two attached hydrogens (primary N) is 1. The van der Waals surface area contributed by atoms with E-state index in [-0.39, 0.29) is 6.04 Å². The van der Waals surface area contributed by atoms with Crippen LogP contribution in [0.5, 0.6) is 5.75 Å². The fourth-order valence-electron chi connectivity index (χ4n) is 2.79. The maximum absolute atomic E-state index is 6.17. The summed E-state index contributed by atoms with van der Waals surface area (Å²) in [5.41, 5.74) is 7.03. The topological polar surface area (TPSA) is 35.2 Å². The van der Waals surface area contributed by atoms with Crippen molar-refractivity contribution >= 4 is 15.9 Å². The van der Waals surface area contributed by atoms with E-state index >= 15 is 0 Å². The molecule has 2 rings (SSSR count). The van der Waals surface area contributed by atoms with Crippen LogP contribution >= 0.6 is 15.9 Å². The summed E-state index contributed by atoms with van der Waals surface area (Å²) in [7, 11) is 0. The first kappa shape index (κ1) is 14.9. The van der Waals surface area contributed by atoms with E-state index in [2.05, 4.69) is 35.0 Å². The van der Waals surface area contributed by atoms with E-state index in [9.17, 15) is 0 Å². The number of benzene rings is 1. The summed E-state index contributed by atoms with van der Waals surface area (Å²) >= 11 is 3.59. The van der Waals surface area contributed by atoms with Crippen LogP contribution in [0.1, 0.15) is 57.6 Å². The summed E-state index contributed by atoms with van der Waals surface area (Å²) < 4.78 is 7.18. The Morgan fingerprint density at radius 1 is 1.42 bits per heavy atom. The van der Waals surface area contributed by atoms with Gasteiger partial charge < -0.3 is 10.5 Å². The van der Waals surface area contributed by atoms with E-state index in [1.54, 1.807) is 0 Å². The molecular weight excluding hydrogens is 302 g/mol. The van der Waals surface area contributed by atoms with Gasteiger partial charge in [-0.3, -0.25) is 0 Å². The summed E-state index contributed by atoms with van der Waals surface area (Å²) in [6, 6.07) is 6.23. The molecule has 0 amide bonds. The molecule has 0 radical (unpaired) electrons. The van der Waals surface area contributed by atoms with Gasteiger partial charge in [-0.1, -0.05) is 25.8 Å². The van der Waals surface area contributed by atoms with Gasteiger partial charge in [0.1, 0.15) is 5.75 Å². The second-order valence-electron chi connectivity index (χ2n) is 5.66. The molecule has 0 spiro atoms. The molecule has 2 N–H and O–H groups in total. The summed E-state index contributed by atoms with van der Waals surface area (Å²) in [6.07, 6.45) is 6.66. The van der Waals surface area contributed by atoms with Crippen molar-refractivity contribution in [3.05, 3.63) is 28.2 Å². The van der Waals surface area contributed by atoms with Gasteiger partial charge in [-0.2, -0.15) is 0 Å². The highest BCUT2D eigenvalue weighted by Gasteiger charge is 2.22.